The highest BCUT2D eigenvalue weighted by Gasteiger charge is 2.28. The van der Waals surface area contributed by atoms with Crippen LogP contribution in [0.15, 0.2) is 67.0 Å². The lowest BCUT2D eigenvalue weighted by Gasteiger charge is -2.25. The minimum atomic E-state index is -0.324. The van der Waals surface area contributed by atoms with Crippen molar-refractivity contribution in [2.75, 3.05) is 11.9 Å². The molecule has 2 aromatic carbocycles. The van der Waals surface area contributed by atoms with Crippen molar-refractivity contribution in [3.05, 3.63) is 78.4 Å². The lowest BCUT2D eigenvalue weighted by Crippen LogP contribution is -2.26. The van der Waals surface area contributed by atoms with Crippen molar-refractivity contribution in [3.63, 3.8) is 0 Å². The summed E-state index contributed by atoms with van der Waals surface area (Å²) in [6.45, 7) is 0.499. The molecule has 5 heteroatoms. The maximum Gasteiger partial charge on any atom is 0.232 e. The molecule has 0 aliphatic carbocycles. The van der Waals surface area contributed by atoms with Gasteiger partial charge in [0, 0.05) is 17.3 Å². The number of para-hydroxylation sites is 1. The van der Waals surface area contributed by atoms with Crippen LogP contribution in [0.3, 0.4) is 0 Å². The Morgan fingerprint density at radius 2 is 2.04 bits per heavy atom. The average molecular weight is 348 g/mol. The Labute approximate surface area is 150 Å². The number of pyridine rings is 1. The quantitative estimate of drug-likeness (QED) is 0.764. The number of benzene rings is 2. The highest BCUT2D eigenvalue weighted by atomic mass is 19.1. The molecule has 1 aliphatic rings. The molecule has 0 fully saturated rings. The second-order valence-electron chi connectivity index (χ2n) is 6.15. The lowest BCUT2D eigenvalue weighted by atomic mass is 9.92. The number of carbonyl (C=O) groups excluding carboxylic acids is 1. The summed E-state index contributed by atoms with van der Waals surface area (Å²) in [4.78, 5) is 17.0. The summed E-state index contributed by atoms with van der Waals surface area (Å²) >= 11 is 0. The van der Waals surface area contributed by atoms with Crippen molar-refractivity contribution in [1.82, 2.24) is 4.98 Å². The van der Waals surface area contributed by atoms with Crippen LogP contribution in [0.4, 0.5) is 10.1 Å². The van der Waals surface area contributed by atoms with Gasteiger partial charge in [0.25, 0.3) is 0 Å². The number of ether oxygens (including phenoxy) is 1. The molecule has 0 saturated heterocycles. The van der Waals surface area contributed by atoms with Gasteiger partial charge in [-0.3, -0.25) is 9.78 Å². The average Bonchev–Trinajstić information content (AvgIpc) is 2.68. The van der Waals surface area contributed by atoms with Gasteiger partial charge in [-0.25, -0.2) is 4.39 Å². The van der Waals surface area contributed by atoms with Gasteiger partial charge in [0.2, 0.25) is 5.91 Å². The van der Waals surface area contributed by atoms with Crippen molar-refractivity contribution >= 4 is 11.6 Å². The van der Waals surface area contributed by atoms with Crippen LogP contribution in [-0.2, 0) is 4.79 Å². The molecule has 0 radical (unpaired) electrons. The Morgan fingerprint density at radius 1 is 1.15 bits per heavy atom. The molecule has 3 aromatic rings. The monoisotopic (exact) mass is 348 g/mol. The highest BCUT2D eigenvalue weighted by molar-refractivity contribution is 5.99. The topological polar surface area (TPSA) is 51.2 Å². The summed E-state index contributed by atoms with van der Waals surface area (Å²) in [5.41, 5.74) is 2.86. The number of hydrogen-bond donors (Lipinski definition) is 1. The first-order valence-electron chi connectivity index (χ1n) is 8.45. The van der Waals surface area contributed by atoms with Gasteiger partial charge in [-0.1, -0.05) is 30.3 Å². The molecule has 4 rings (SSSR count). The van der Waals surface area contributed by atoms with E-state index < -0.39 is 0 Å². The predicted molar refractivity (Wildman–Crippen MR) is 97.6 cm³/mol. The SMILES string of the molecule is O=C(Nc1cnccc1-c1cccc(F)c1)[C@@H]1CCOc2ccccc21. The predicted octanol–water partition coefficient (Wildman–Crippen LogP) is 4.39. The zero-order valence-electron chi connectivity index (χ0n) is 14.0. The normalized spacial score (nSPS) is 15.7. The smallest absolute Gasteiger partial charge is 0.232 e. The van der Waals surface area contributed by atoms with Gasteiger partial charge >= 0.3 is 0 Å². The molecule has 2 heterocycles. The van der Waals surface area contributed by atoms with Crippen molar-refractivity contribution in [3.8, 4) is 16.9 Å². The molecule has 1 aliphatic heterocycles. The van der Waals surface area contributed by atoms with E-state index in [9.17, 15) is 9.18 Å². The maximum atomic E-state index is 13.6. The standard InChI is InChI=1S/C21H17FN2O2/c22-15-5-3-4-14(12-15)16-8-10-23-13-19(16)24-21(25)18-9-11-26-20-7-2-1-6-17(18)20/h1-8,10,12-13,18H,9,11H2,(H,24,25)/t18-/m1/s1. The van der Waals surface area contributed by atoms with Gasteiger partial charge in [-0.2, -0.15) is 0 Å². The summed E-state index contributed by atoms with van der Waals surface area (Å²) < 4.78 is 19.2. The summed E-state index contributed by atoms with van der Waals surface area (Å²) in [6, 6.07) is 15.6. The Kier molecular flexibility index (Phi) is 4.35. The van der Waals surface area contributed by atoms with Crippen LogP contribution in [0, 0.1) is 5.82 Å². The third-order valence-electron chi connectivity index (χ3n) is 4.49. The van der Waals surface area contributed by atoms with Crippen molar-refractivity contribution in [2.24, 2.45) is 0 Å². The second kappa shape index (κ2) is 6.96. The van der Waals surface area contributed by atoms with Crippen LogP contribution < -0.4 is 10.1 Å². The number of rotatable bonds is 3. The molecule has 130 valence electrons. The maximum absolute atomic E-state index is 13.6. The van der Waals surface area contributed by atoms with Crippen LogP contribution in [0.2, 0.25) is 0 Å². The number of halogens is 1. The first kappa shape index (κ1) is 16.3. The Hall–Kier alpha value is -3.21. The molecule has 1 amide bonds. The van der Waals surface area contributed by atoms with E-state index >= 15 is 0 Å². The first-order chi connectivity index (χ1) is 12.7. The minimum Gasteiger partial charge on any atom is -0.493 e. The zero-order valence-corrected chi connectivity index (χ0v) is 14.0. The number of carbonyl (C=O) groups is 1. The van der Waals surface area contributed by atoms with Crippen LogP contribution >= 0.6 is 0 Å². The fraction of sp³-hybridized carbons (Fsp3) is 0.143. The molecule has 26 heavy (non-hydrogen) atoms. The molecule has 1 atom stereocenters. The number of amides is 1. The summed E-state index contributed by atoms with van der Waals surface area (Å²) in [5, 5.41) is 2.96. The van der Waals surface area contributed by atoms with Crippen LogP contribution in [-0.4, -0.2) is 17.5 Å². The molecule has 0 saturated carbocycles. The summed E-state index contributed by atoms with van der Waals surface area (Å²) in [6.07, 6.45) is 3.82. The number of nitrogens with zero attached hydrogens (tertiary/aromatic N) is 1. The third-order valence-corrected chi connectivity index (χ3v) is 4.49. The minimum absolute atomic E-state index is 0.119. The highest BCUT2D eigenvalue weighted by Crippen LogP contribution is 2.35. The van der Waals surface area contributed by atoms with Gasteiger partial charge < -0.3 is 10.1 Å². The van der Waals surface area contributed by atoms with Gasteiger partial charge in [0.15, 0.2) is 0 Å². The first-order valence-corrected chi connectivity index (χ1v) is 8.45. The summed E-state index contributed by atoms with van der Waals surface area (Å²) in [7, 11) is 0. The van der Waals surface area contributed by atoms with E-state index in [1.54, 1.807) is 30.6 Å². The van der Waals surface area contributed by atoms with Crippen LogP contribution in [0.5, 0.6) is 5.75 Å². The fourth-order valence-electron chi connectivity index (χ4n) is 3.24. The van der Waals surface area contributed by atoms with Crippen molar-refractivity contribution < 1.29 is 13.9 Å². The number of hydrogen-bond acceptors (Lipinski definition) is 3. The largest absolute Gasteiger partial charge is 0.493 e. The number of fused-ring (bicyclic) bond motifs is 1. The molecule has 1 aromatic heterocycles. The van der Waals surface area contributed by atoms with Gasteiger partial charge in [0.1, 0.15) is 11.6 Å². The van der Waals surface area contributed by atoms with E-state index in [-0.39, 0.29) is 17.6 Å². The van der Waals surface area contributed by atoms with Gasteiger partial charge in [-0.05, 0) is 36.2 Å². The summed E-state index contributed by atoms with van der Waals surface area (Å²) in [5.74, 6) is 0.0114. The Morgan fingerprint density at radius 3 is 2.92 bits per heavy atom. The molecule has 0 unspecified atom stereocenters. The van der Waals surface area contributed by atoms with Gasteiger partial charge in [-0.15, -0.1) is 0 Å². The lowest BCUT2D eigenvalue weighted by molar-refractivity contribution is -0.118. The molecule has 4 nitrogen and oxygen atoms in total. The van der Waals surface area contributed by atoms with Crippen molar-refractivity contribution in [1.29, 1.82) is 0 Å². The van der Waals surface area contributed by atoms with Crippen molar-refractivity contribution in [2.45, 2.75) is 12.3 Å². The molecular formula is C21H17FN2O2. The van der Waals surface area contributed by atoms with E-state index in [0.29, 0.717) is 24.3 Å². The molecular weight excluding hydrogens is 331 g/mol. The van der Waals surface area contributed by atoms with E-state index in [1.807, 2.05) is 24.3 Å². The Bertz CT molecular complexity index is 958. The fourth-order valence-corrected chi connectivity index (χ4v) is 3.24. The van der Waals surface area contributed by atoms with E-state index in [2.05, 4.69) is 10.3 Å². The molecule has 0 spiro atoms. The Balaban J connectivity index is 1.64. The number of nitrogens with one attached hydrogen (secondary N) is 1. The van der Waals surface area contributed by atoms with E-state index in [4.69, 9.17) is 4.74 Å². The van der Waals surface area contributed by atoms with E-state index in [0.717, 1.165) is 16.9 Å². The molecule has 1 N–H and O–H groups in total. The van der Waals surface area contributed by atoms with Crippen LogP contribution in [0.1, 0.15) is 17.9 Å². The zero-order chi connectivity index (χ0) is 17.9. The number of aromatic nitrogens is 1. The van der Waals surface area contributed by atoms with Gasteiger partial charge in [0.05, 0.1) is 24.4 Å². The van der Waals surface area contributed by atoms with E-state index in [1.165, 1.54) is 12.1 Å². The van der Waals surface area contributed by atoms with Crippen LogP contribution in [0.25, 0.3) is 11.1 Å². The third kappa shape index (κ3) is 3.16. The second-order valence-corrected chi connectivity index (χ2v) is 6.15. The molecule has 0 bridgehead atoms. The number of anilines is 1.